The highest BCUT2D eigenvalue weighted by Crippen LogP contribution is 2.33. The highest BCUT2D eigenvalue weighted by Gasteiger charge is 2.31. The monoisotopic (exact) mass is 428 g/mol. The maximum atomic E-state index is 13.7. The van der Waals surface area contributed by atoms with E-state index in [2.05, 4.69) is 15.2 Å². The molecule has 4 rings (SSSR count). The normalized spacial score (nSPS) is 15.6. The van der Waals surface area contributed by atoms with E-state index < -0.39 is 34.0 Å². The number of rotatable bonds is 4. The number of benzene rings is 1. The maximum absolute atomic E-state index is 13.7. The molecule has 0 bridgehead atoms. The molecular formula is C17H12F4N4O3S. The highest BCUT2D eigenvalue weighted by molar-refractivity contribution is 7.92. The van der Waals surface area contributed by atoms with E-state index in [4.69, 9.17) is 4.42 Å². The molecule has 0 atom stereocenters. The smallest absolute Gasteiger partial charge is 0.314 e. The fourth-order valence-corrected chi connectivity index (χ4v) is 4.42. The summed E-state index contributed by atoms with van der Waals surface area (Å²) in [6.45, 7) is -0.215. The van der Waals surface area contributed by atoms with Crippen molar-refractivity contribution in [3.05, 3.63) is 59.2 Å². The van der Waals surface area contributed by atoms with Gasteiger partial charge in [-0.25, -0.2) is 17.2 Å². The molecule has 1 aliphatic rings. The van der Waals surface area contributed by atoms with Gasteiger partial charge in [0.1, 0.15) is 0 Å². The number of anilines is 1. The molecule has 0 unspecified atom stereocenters. The minimum absolute atomic E-state index is 0.0551. The molecule has 0 saturated carbocycles. The Balaban J connectivity index is 1.62. The van der Waals surface area contributed by atoms with Crippen LogP contribution in [-0.4, -0.2) is 29.4 Å². The van der Waals surface area contributed by atoms with Gasteiger partial charge in [0.25, 0.3) is 5.89 Å². The number of aromatic nitrogens is 3. The van der Waals surface area contributed by atoms with Crippen LogP contribution >= 0.6 is 0 Å². The zero-order chi connectivity index (χ0) is 20.8. The Bertz CT molecular complexity index is 1170. The second-order valence-electron chi connectivity index (χ2n) is 6.25. The number of alkyl halides is 2. The van der Waals surface area contributed by atoms with Gasteiger partial charge in [0.15, 0.2) is 11.6 Å². The van der Waals surface area contributed by atoms with Gasteiger partial charge in [-0.3, -0.25) is 9.29 Å². The summed E-state index contributed by atoms with van der Waals surface area (Å²) in [6, 6.07) is 4.73. The van der Waals surface area contributed by atoms with Crippen molar-refractivity contribution in [3.63, 3.8) is 0 Å². The molecule has 12 heteroatoms. The van der Waals surface area contributed by atoms with Gasteiger partial charge in [0.2, 0.25) is 15.9 Å². The quantitative estimate of drug-likeness (QED) is 0.593. The van der Waals surface area contributed by atoms with Gasteiger partial charge in [0.05, 0.1) is 29.2 Å². The average Bonchev–Trinajstić information content (AvgIpc) is 3.17. The molecule has 2 aromatic heterocycles. The van der Waals surface area contributed by atoms with Crippen LogP contribution in [0.2, 0.25) is 0 Å². The predicted molar refractivity (Wildman–Crippen MR) is 92.5 cm³/mol. The van der Waals surface area contributed by atoms with Gasteiger partial charge >= 0.3 is 6.43 Å². The molecule has 3 heterocycles. The van der Waals surface area contributed by atoms with Crippen molar-refractivity contribution in [2.24, 2.45) is 0 Å². The number of aryl methyl sites for hydroxylation is 1. The Morgan fingerprint density at radius 2 is 1.90 bits per heavy atom. The van der Waals surface area contributed by atoms with Crippen LogP contribution in [0.4, 0.5) is 23.2 Å². The Kier molecular flexibility index (Phi) is 4.73. The summed E-state index contributed by atoms with van der Waals surface area (Å²) < 4.78 is 83.0. The first-order valence-electron chi connectivity index (χ1n) is 8.30. The van der Waals surface area contributed by atoms with E-state index >= 15 is 0 Å². The standard InChI is InChI=1S/C17H12F4N4O3S/c18-12-5-9-3-4-29(26,27)25(14(9)6-13(12)19)8-11-2-1-10(7-22-11)16-23-24-17(28-16)15(20)21/h1-2,5-7,15H,3-4,8H2. The summed E-state index contributed by atoms with van der Waals surface area (Å²) in [4.78, 5) is 4.09. The second-order valence-corrected chi connectivity index (χ2v) is 8.26. The fraction of sp³-hybridized carbons (Fsp3) is 0.235. The zero-order valence-corrected chi connectivity index (χ0v) is 15.3. The molecular weight excluding hydrogens is 416 g/mol. The summed E-state index contributed by atoms with van der Waals surface area (Å²) in [5.41, 5.74) is 0.993. The first kappa shape index (κ1) is 19.3. The third kappa shape index (κ3) is 3.67. The number of sulfonamides is 1. The third-order valence-corrected chi connectivity index (χ3v) is 6.08. The van der Waals surface area contributed by atoms with Crippen LogP contribution in [0.25, 0.3) is 11.5 Å². The molecule has 152 valence electrons. The Labute approximate surface area is 162 Å². The van der Waals surface area contributed by atoms with Gasteiger partial charge in [-0.2, -0.15) is 8.78 Å². The summed E-state index contributed by atoms with van der Waals surface area (Å²) in [6.07, 6.45) is -1.57. The number of pyridine rings is 1. The number of halogens is 4. The minimum Gasteiger partial charge on any atom is -0.415 e. The van der Waals surface area contributed by atoms with Crippen molar-refractivity contribution in [1.82, 2.24) is 15.2 Å². The molecule has 3 aromatic rings. The summed E-state index contributed by atoms with van der Waals surface area (Å²) in [5.74, 6) is -3.43. The minimum atomic E-state index is -3.75. The van der Waals surface area contributed by atoms with E-state index in [1.54, 1.807) is 0 Å². The van der Waals surface area contributed by atoms with Crippen LogP contribution in [-0.2, 0) is 23.0 Å². The number of fused-ring (bicyclic) bond motifs is 1. The van der Waals surface area contributed by atoms with E-state index in [-0.39, 0.29) is 35.9 Å². The second kappa shape index (κ2) is 7.10. The van der Waals surface area contributed by atoms with Crippen LogP contribution in [0, 0.1) is 11.6 Å². The van der Waals surface area contributed by atoms with Crippen molar-refractivity contribution in [3.8, 4) is 11.5 Å². The van der Waals surface area contributed by atoms with Crippen LogP contribution < -0.4 is 4.31 Å². The lowest BCUT2D eigenvalue weighted by Gasteiger charge is -2.30. The third-order valence-electron chi connectivity index (χ3n) is 4.36. The van der Waals surface area contributed by atoms with E-state index in [9.17, 15) is 26.0 Å². The lowest BCUT2D eigenvalue weighted by Crippen LogP contribution is -2.37. The summed E-state index contributed by atoms with van der Waals surface area (Å²) in [7, 11) is -3.75. The van der Waals surface area contributed by atoms with Crippen molar-refractivity contribution >= 4 is 15.7 Å². The van der Waals surface area contributed by atoms with Crippen LogP contribution in [0.3, 0.4) is 0 Å². The van der Waals surface area contributed by atoms with Crippen LogP contribution in [0.1, 0.15) is 23.6 Å². The van der Waals surface area contributed by atoms with Crippen molar-refractivity contribution < 1.29 is 30.4 Å². The topological polar surface area (TPSA) is 89.2 Å². The predicted octanol–water partition coefficient (Wildman–Crippen LogP) is 3.24. The number of nitrogens with zero attached hydrogens (tertiary/aromatic N) is 4. The SMILES string of the molecule is O=S1(=O)CCc2cc(F)c(F)cc2N1Cc1ccc(-c2nnc(C(F)F)o2)cn1. The van der Waals surface area contributed by atoms with Crippen molar-refractivity contribution in [1.29, 1.82) is 0 Å². The van der Waals surface area contributed by atoms with Crippen molar-refractivity contribution in [2.75, 3.05) is 10.1 Å². The Morgan fingerprint density at radius 1 is 1.14 bits per heavy atom. The molecule has 0 radical (unpaired) electrons. The van der Waals surface area contributed by atoms with E-state index in [1.807, 2.05) is 0 Å². The van der Waals surface area contributed by atoms with Crippen LogP contribution in [0.5, 0.6) is 0 Å². The van der Waals surface area contributed by atoms with Gasteiger partial charge in [-0.1, -0.05) is 0 Å². The number of hydrogen-bond donors (Lipinski definition) is 0. The molecule has 0 aliphatic carbocycles. The first-order chi connectivity index (χ1) is 13.7. The molecule has 0 amide bonds. The highest BCUT2D eigenvalue weighted by atomic mass is 32.2. The molecule has 7 nitrogen and oxygen atoms in total. The summed E-state index contributed by atoms with van der Waals surface area (Å²) in [5, 5.41) is 6.72. The largest absolute Gasteiger partial charge is 0.415 e. The van der Waals surface area contributed by atoms with Gasteiger partial charge in [-0.05, 0) is 30.2 Å². The zero-order valence-electron chi connectivity index (χ0n) is 14.5. The van der Waals surface area contributed by atoms with Gasteiger partial charge in [-0.15, -0.1) is 10.2 Å². The Morgan fingerprint density at radius 3 is 2.55 bits per heavy atom. The van der Waals surface area contributed by atoms with Crippen molar-refractivity contribution in [2.45, 2.75) is 19.4 Å². The van der Waals surface area contributed by atoms with E-state index in [0.717, 1.165) is 16.4 Å². The maximum Gasteiger partial charge on any atom is 0.314 e. The number of hydrogen-bond acceptors (Lipinski definition) is 6. The molecule has 0 fully saturated rings. The fourth-order valence-electron chi connectivity index (χ4n) is 2.92. The van der Waals surface area contributed by atoms with E-state index in [0.29, 0.717) is 11.3 Å². The lowest BCUT2D eigenvalue weighted by atomic mass is 10.1. The molecule has 29 heavy (non-hydrogen) atoms. The molecule has 0 spiro atoms. The molecule has 1 aromatic carbocycles. The lowest BCUT2D eigenvalue weighted by molar-refractivity contribution is 0.116. The van der Waals surface area contributed by atoms with E-state index in [1.165, 1.54) is 18.3 Å². The molecule has 0 N–H and O–H groups in total. The van der Waals surface area contributed by atoms with Crippen LogP contribution in [0.15, 0.2) is 34.9 Å². The first-order valence-corrected chi connectivity index (χ1v) is 9.91. The summed E-state index contributed by atoms with van der Waals surface area (Å²) >= 11 is 0. The van der Waals surface area contributed by atoms with Gasteiger partial charge in [0, 0.05) is 12.3 Å². The Hall–Kier alpha value is -3.02. The molecule has 1 aliphatic heterocycles. The van der Waals surface area contributed by atoms with Gasteiger partial charge < -0.3 is 4.42 Å². The average molecular weight is 428 g/mol. The molecule has 0 saturated heterocycles.